The van der Waals surface area contributed by atoms with E-state index in [1.54, 1.807) is 29.2 Å². The molecule has 2 fully saturated rings. The van der Waals surface area contributed by atoms with Crippen LogP contribution in [0.25, 0.3) is 0 Å². The standard InChI is InChI=1S/C32H41N5O5/c38-29-21-26(31(40)33-15-19-36-16-7-2-8-17-36)35-30(39)25-13-5-6-14-28(25)42-22-24-12-9-18-37(24)32(41)27(34-29)20-23-10-3-1-4-11-23/h1,3-6,10-11,13-14,24,26-27H,2,7-9,12,15-22H2,(H,33,40)(H,34,38)(H,35,39)/t24-,26+,27+/m1/s1. The SMILES string of the molecule is O=C1C[C@@H](C(=O)NCCN2CCCCC2)NC(=O)c2ccccc2OC[C@H]2CCCN2C(=O)[C@H](Cc2ccccc2)N1. The molecule has 10 heteroatoms. The molecule has 3 heterocycles. The van der Waals surface area contributed by atoms with Crippen molar-refractivity contribution in [2.45, 2.75) is 63.1 Å². The summed E-state index contributed by atoms with van der Waals surface area (Å²) in [5, 5.41) is 8.57. The lowest BCUT2D eigenvalue weighted by molar-refractivity contribution is -0.138. The van der Waals surface area contributed by atoms with Crippen LogP contribution in [0.1, 0.15) is 54.4 Å². The predicted molar refractivity (Wildman–Crippen MR) is 158 cm³/mol. The third kappa shape index (κ3) is 7.67. The number of piperidine rings is 1. The number of rotatable bonds is 6. The Balaban J connectivity index is 1.37. The van der Waals surface area contributed by atoms with Crippen LogP contribution in [0.5, 0.6) is 5.75 Å². The molecule has 3 N–H and O–H groups in total. The highest BCUT2D eigenvalue weighted by Gasteiger charge is 2.36. The van der Waals surface area contributed by atoms with Gasteiger partial charge in [0.25, 0.3) is 5.91 Å². The number of likely N-dealkylation sites (tertiary alicyclic amines) is 1. The molecule has 2 aromatic carbocycles. The Morgan fingerprint density at radius 2 is 1.67 bits per heavy atom. The van der Waals surface area contributed by atoms with E-state index in [1.807, 2.05) is 30.3 Å². The van der Waals surface area contributed by atoms with Crippen molar-refractivity contribution in [2.75, 3.05) is 39.3 Å². The Morgan fingerprint density at radius 3 is 2.48 bits per heavy atom. The minimum atomic E-state index is -1.12. The summed E-state index contributed by atoms with van der Waals surface area (Å²) in [7, 11) is 0. The molecule has 5 rings (SSSR count). The molecule has 3 aliphatic rings. The number of benzene rings is 2. The van der Waals surface area contributed by atoms with Crippen molar-refractivity contribution in [3.8, 4) is 5.75 Å². The van der Waals surface area contributed by atoms with E-state index in [9.17, 15) is 19.2 Å². The van der Waals surface area contributed by atoms with Crippen molar-refractivity contribution in [3.05, 3.63) is 65.7 Å². The number of fused-ring (bicyclic) bond motifs is 2. The van der Waals surface area contributed by atoms with Crippen LogP contribution >= 0.6 is 0 Å². The first-order chi connectivity index (χ1) is 20.5. The van der Waals surface area contributed by atoms with Gasteiger partial charge in [0.05, 0.1) is 18.0 Å². The molecule has 10 nitrogen and oxygen atoms in total. The van der Waals surface area contributed by atoms with Gasteiger partial charge in [0.2, 0.25) is 17.7 Å². The summed E-state index contributed by atoms with van der Waals surface area (Å²) in [6.07, 6.45) is 5.14. The van der Waals surface area contributed by atoms with Crippen molar-refractivity contribution >= 4 is 23.6 Å². The topological polar surface area (TPSA) is 120 Å². The zero-order valence-electron chi connectivity index (χ0n) is 24.1. The van der Waals surface area contributed by atoms with Crippen molar-refractivity contribution < 1.29 is 23.9 Å². The van der Waals surface area contributed by atoms with Gasteiger partial charge in [-0.05, 0) is 56.5 Å². The lowest BCUT2D eigenvalue weighted by Gasteiger charge is -2.30. The zero-order valence-corrected chi connectivity index (χ0v) is 24.1. The van der Waals surface area contributed by atoms with E-state index in [0.717, 1.165) is 44.3 Å². The molecule has 4 amide bonds. The second-order valence-electron chi connectivity index (χ2n) is 11.4. The van der Waals surface area contributed by atoms with Crippen LogP contribution in [-0.4, -0.2) is 90.9 Å². The smallest absolute Gasteiger partial charge is 0.255 e. The van der Waals surface area contributed by atoms with Gasteiger partial charge in [-0.3, -0.25) is 19.2 Å². The summed E-state index contributed by atoms with van der Waals surface area (Å²) in [6, 6.07) is 14.3. The van der Waals surface area contributed by atoms with Gasteiger partial charge in [-0.2, -0.15) is 0 Å². The predicted octanol–water partition coefficient (Wildman–Crippen LogP) is 1.89. The highest BCUT2D eigenvalue weighted by Crippen LogP contribution is 2.24. The van der Waals surface area contributed by atoms with Crippen molar-refractivity contribution in [1.82, 2.24) is 25.8 Å². The summed E-state index contributed by atoms with van der Waals surface area (Å²) in [5.41, 5.74) is 1.19. The first-order valence-corrected chi connectivity index (χ1v) is 15.1. The van der Waals surface area contributed by atoms with E-state index in [4.69, 9.17) is 4.74 Å². The maximum absolute atomic E-state index is 13.9. The number of nitrogens with zero attached hydrogens (tertiary/aromatic N) is 2. The van der Waals surface area contributed by atoms with Gasteiger partial charge in [-0.15, -0.1) is 0 Å². The highest BCUT2D eigenvalue weighted by molar-refractivity contribution is 6.01. The van der Waals surface area contributed by atoms with E-state index in [1.165, 1.54) is 6.42 Å². The largest absolute Gasteiger partial charge is 0.491 e. The fourth-order valence-corrected chi connectivity index (χ4v) is 6.04. The number of para-hydroxylation sites is 1. The van der Waals surface area contributed by atoms with Gasteiger partial charge in [0, 0.05) is 26.1 Å². The Bertz CT molecular complexity index is 1250. The molecule has 0 spiro atoms. The van der Waals surface area contributed by atoms with Gasteiger partial charge >= 0.3 is 0 Å². The molecule has 224 valence electrons. The molecular weight excluding hydrogens is 534 g/mol. The fraction of sp³-hybridized carbons (Fsp3) is 0.500. The first-order valence-electron chi connectivity index (χ1n) is 15.1. The van der Waals surface area contributed by atoms with Gasteiger partial charge in [0.1, 0.15) is 24.4 Å². The first kappa shape index (κ1) is 29.6. The summed E-state index contributed by atoms with van der Waals surface area (Å²) in [4.78, 5) is 58.1. The Morgan fingerprint density at radius 1 is 0.905 bits per heavy atom. The summed E-state index contributed by atoms with van der Waals surface area (Å²) in [6.45, 7) is 3.92. The van der Waals surface area contributed by atoms with Gasteiger partial charge < -0.3 is 30.5 Å². The van der Waals surface area contributed by atoms with Crippen LogP contribution in [-0.2, 0) is 20.8 Å². The van der Waals surface area contributed by atoms with Crippen LogP contribution in [0.15, 0.2) is 54.6 Å². The minimum absolute atomic E-state index is 0.171. The zero-order chi connectivity index (χ0) is 29.3. The lowest BCUT2D eigenvalue weighted by Crippen LogP contribution is -2.55. The van der Waals surface area contributed by atoms with Gasteiger partial charge in [-0.1, -0.05) is 48.9 Å². The molecule has 0 unspecified atom stereocenters. The molecule has 42 heavy (non-hydrogen) atoms. The Labute approximate surface area is 247 Å². The molecule has 2 saturated heterocycles. The second kappa shape index (κ2) is 14.3. The number of carbonyl (C=O) groups excluding carboxylic acids is 4. The van der Waals surface area contributed by atoms with Crippen LogP contribution < -0.4 is 20.7 Å². The Kier molecular flexibility index (Phi) is 10.1. The molecule has 0 saturated carbocycles. The van der Waals surface area contributed by atoms with Gasteiger partial charge in [-0.25, -0.2) is 0 Å². The average molecular weight is 576 g/mol. The molecule has 3 atom stereocenters. The van der Waals surface area contributed by atoms with Crippen LogP contribution in [0, 0.1) is 0 Å². The third-order valence-corrected chi connectivity index (χ3v) is 8.33. The van der Waals surface area contributed by atoms with Crippen LogP contribution in [0.4, 0.5) is 0 Å². The number of hydrogen-bond donors (Lipinski definition) is 3. The van der Waals surface area contributed by atoms with E-state index in [2.05, 4.69) is 20.9 Å². The number of hydrogen-bond acceptors (Lipinski definition) is 6. The fourth-order valence-electron chi connectivity index (χ4n) is 6.04. The van der Waals surface area contributed by atoms with E-state index in [-0.39, 0.29) is 30.5 Å². The van der Waals surface area contributed by atoms with Crippen molar-refractivity contribution in [1.29, 1.82) is 0 Å². The molecule has 0 aliphatic carbocycles. The van der Waals surface area contributed by atoms with Crippen LogP contribution in [0.2, 0.25) is 0 Å². The maximum Gasteiger partial charge on any atom is 0.255 e. The van der Waals surface area contributed by atoms with Gasteiger partial charge in [0.15, 0.2) is 0 Å². The highest BCUT2D eigenvalue weighted by atomic mass is 16.5. The molecular formula is C32H41N5O5. The number of ether oxygens (including phenoxy) is 1. The summed E-state index contributed by atoms with van der Waals surface area (Å²) in [5.74, 6) is -1.20. The minimum Gasteiger partial charge on any atom is -0.491 e. The summed E-state index contributed by atoms with van der Waals surface area (Å²) < 4.78 is 6.12. The molecule has 0 radical (unpaired) electrons. The maximum atomic E-state index is 13.9. The average Bonchev–Trinajstić information content (AvgIpc) is 3.48. The third-order valence-electron chi connectivity index (χ3n) is 8.33. The summed E-state index contributed by atoms with van der Waals surface area (Å²) >= 11 is 0. The molecule has 3 aliphatic heterocycles. The van der Waals surface area contributed by atoms with E-state index >= 15 is 0 Å². The lowest BCUT2D eigenvalue weighted by atomic mass is 10.0. The second-order valence-corrected chi connectivity index (χ2v) is 11.4. The molecule has 0 bridgehead atoms. The van der Waals surface area contributed by atoms with Crippen LogP contribution in [0.3, 0.4) is 0 Å². The van der Waals surface area contributed by atoms with Crippen molar-refractivity contribution in [2.24, 2.45) is 0 Å². The molecule has 2 aromatic rings. The normalized spacial score (nSPS) is 24.0. The molecule has 0 aromatic heterocycles. The number of amides is 4. The van der Waals surface area contributed by atoms with E-state index in [0.29, 0.717) is 31.8 Å². The monoisotopic (exact) mass is 575 g/mol. The number of carbonyl (C=O) groups is 4. The Hall–Kier alpha value is -3.92. The number of nitrogens with one attached hydrogen (secondary N) is 3. The van der Waals surface area contributed by atoms with Crippen molar-refractivity contribution in [3.63, 3.8) is 0 Å². The van der Waals surface area contributed by atoms with E-state index < -0.39 is 29.8 Å². The quantitative estimate of drug-likeness (QED) is 0.484.